The summed E-state index contributed by atoms with van der Waals surface area (Å²) in [5.74, 6) is 0. The fourth-order valence-corrected chi connectivity index (χ4v) is 3.56. The Morgan fingerprint density at radius 2 is 2.07 bits per heavy atom. The monoisotopic (exact) mass is 229 g/mol. The maximum atomic E-state index is 6.42. The van der Waals surface area contributed by atoms with Crippen molar-refractivity contribution in [3.63, 3.8) is 0 Å². The normalized spacial score (nSPS) is 30.9. The van der Waals surface area contributed by atoms with Gasteiger partial charge in [0.25, 0.3) is 0 Å². The molecule has 1 saturated carbocycles. The highest BCUT2D eigenvalue weighted by Crippen LogP contribution is 2.49. The molecular weight excluding hydrogens is 214 g/mol. The molecule has 2 N–H and O–H groups in total. The van der Waals surface area contributed by atoms with E-state index in [1.807, 2.05) is 6.07 Å². The summed E-state index contributed by atoms with van der Waals surface area (Å²) in [5, 5.41) is 0. The van der Waals surface area contributed by atoms with Gasteiger partial charge in [-0.05, 0) is 36.8 Å². The van der Waals surface area contributed by atoms with Gasteiger partial charge in [0.15, 0.2) is 0 Å². The molecule has 1 aliphatic carbocycles. The molecule has 1 fully saturated rings. The highest BCUT2D eigenvalue weighted by atomic mass is 35.5. The van der Waals surface area contributed by atoms with Crippen LogP contribution in [0.3, 0.4) is 0 Å². The van der Waals surface area contributed by atoms with Crippen molar-refractivity contribution in [3.8, 4) is 0 Å². The van der Waals surface area contributed by atoms with Gasteiger partial charge >= 0.3 is 0 Å². The summed E-state index contributed by atoms with van der Waals surface area (Å²) in [7, 11) is 0. The van der Waals surface area contributed by atoms with Gasteiger partial charge in [-0.15, -0.1) is 11.3 Å². The molecule has 2 rings (SSSR count). The van der Waals surface area contributed by atoms with Crippen LogP contribution in [0.1, 0.15) is 38.0 Å². The lowest BCUT2D eigenvalue weighted by Crippen LogP contribution is -2.33. The molecule has 0 amide bonds. The van der Waals surface area contributed by atoms with Gasteiger partial charge < -0.3 is 5.73 Å². The minimum absolute atomic E-state index is 0.124. The second kappa shape index (κ2) is 3.22. The van der Waals surface area contributed by atoms with Crippen molar-refractivity contribution in [3.05, 3.63) is 21.3 Å². The van der Waals surface area contributed by atoms with Crippen LogP contribution in [0.2, 0.25) is 4.34 Å². The molecular formula is C11H16ClNS. The van der Waals surface area contributed by atoms with Gasteiger partial charge in [0.1, 0.15) is 0 Å². The van der Waals surface area contributed by atoms with Crippen LogP contribution in [0.15, 0.2) is 12.1 Å². The maximum Gasteiger partial charge on any atom is 0.0931 e. The zero-order valence-corrected chi connectivity index (χ0v) is 10.2. The van der Waals surface area contributed by atoms with Crippen molar-refractivity contribution in [1.82, 2.24) is 0 Å². The zero-order valence-electron chi connectivity index (χ0n) is 8.64. The molecule has 1 aromatic rings. The lowest BCUT2D eigenvalue weighted by atomic mass is 9.87. The van der Waals surface area contributed by atoms with Gasteiger partial charge in [-0.1, -0.05) is 25.4 Å². The third kappa shape index (κ3) is 1.83. The average Bonchev–Trinajstić information content (AvgIpc) is 2.57. The van der Waals surface area contributed by atoms with Gasteiger partial charge in [0.2, 0.25) is 0 Å². The summed E-state index contributed by atoms with van der Waals surface area (Å²) < 4.78 is 0.842. The quantitative estimate of drug-likeness (QED) is 0.780. The molecule has 1 aliphatic rings. The number of nitrogens with two attached hydrogens (primary N) is 1. The Balaban J connectivity index is 2.27. The minimum atomic E-state index is -0.124. The summed E-state index contributed by atoms with van der Waals surface area (Å²) >= 11 is 7.56. The smallest absolute Gasteiger partial charge is 0.0931 e. The van der Waals surface area contributed by atoms with E-state index in [1.54, 1.807) is 11.3 Å². The van der Waals surface area contributed by atoms with E-state index in [0.29, 0.717) is 5.41 Å². The molecule has 1 unspecified atom stereocenters. The predicted octanol–water partition coefficient (Wildman–Crippen LogP) is 3.77. The first-order valence-corrected chi connectivity index (χ1v) is 6.16. The van der Waals surface area contributed by atoms with Crippen LogP contribution in [0, 0.1) is 5.41 Å². The van der Waals surface area contributed by atoms with Crippen molar-refractivity contribution in [2.75, 3.05) is 0 Å². The first kappa shape index (κ1) is 10.5. The standard InChI is InChI=1S/C11H16ClNS/c1-10(2)5-6-11(13,7-10)8-3-4-9(12)14-8/h3-4H,5-7,13H2,1-2H3. The number of thiophene rings is 1. The molecule has 1 aromatic heterocycles. The second-order valence-electron chi connectivity index (χ2n) is 5.10. The number of rotatable bonds is 1. The molecule has 1 nitrogen and oxygen atoms in total. The topological polar surface area (TPSA) is 26.0 Å². The minimum Gasteiger partial charge on any atom is -0.321 e. The van der Waals surface area contributed by atoms with Crippen LogP contribution < -0.4 is 5.73 Å². The van der Waals surface area contributed by atoms with E-state index in [2.05, 4.69) is 19.9 Å². The van der Waals surface area contributed by atoms with Crippen molar-refractivity contribution >= 4 is 22.9 Å². The van der Waals surface area contributed by atoms with Crippen molar-refractivity contribution < 1.29 is 0 Å². The van der Waals surface area contributed by atoms with Gasteiger partial charge in [0, 0.05) is 4.88 Å². The Labute approximate surface area is 94.3 Å². The third-order valence-corrected chi connectivity index (χ3v) is 4.56. The molecule has 1 atom stereocenters. The fraction of sp³-hybridized carbons (Fsp3) is 0.636. The highest BCUT2D eigenvalue weighted by Gasteiger charge is 2.42. The average molecular weight is 230 g/mol. The Hall–Kier alpha value is -0.0500. The Bertz CT molecular complexity index is 345. The largest absolute Gasteiger partial charge is 0.321 e. The van der Waals surface area contributed by atoms with E-state index in [1.165, 1.54) is 11.3 Å². The maximum absolute atomic E-state index is 6.42. The number of halogens is 1. The molecule has 14 heavy (non-hydrogen) atoms. The lowest BCUT2D eigenvalue weighted by Gasteiger charge is -2.25. The molecule has 0 aliphatic heterocycles. The first-order valence-electron chi connectivity index (χ1n) is 4.96. The summed E-state index contributed by atoms with van der Waals surface area (Å²) in [6.07, 6.45) is 3.35. The molecule has 3 heteroatoms. The number of hydrogen-bond donors (Lipinski definition) is 1. The number of hydrogen-bond acceptors (Lipinski definition) is 2. The van der Waals surface area contributed by atoms with Gasteiger partial charge in [0.05, 0.1) is 9.88 Å². The summed E-state index contributed by atoms with van der Waals surface area (Å²) in [4.78, 5) is 1.24. The zero-order chi connectivity index (χ0) is 10.4. The Morgan fingerprint density at radius 1 is 1.36 bits per heavy atom. The van der Waals surface area contributed by atoms with Gasteiger partial charge in [-0.25, -0.2) is 0 Å². The van der Waals surface area contributed by atoms with Crippen molar-refractivity contribution in [2.45, 2.75) is 38.6 Å². The van der Waals surface area contributed by atoms with Crippen LogP contribution in [0.4, 0.5) is 0 Å². The molecule has 0 radical (unpaired) electrons. The highest BCUT2D eigenvalue weighted by molar-refractivity contribution is 7.16. The molecule has 0 saturated heterocycles. The van der Waals surface area contributed by atoms with E-state index >= 15 is 0 Å². The molecule has 0 aromatic carbocycles. The summed E-state index contributed by atoms with van der Waals surface area (Å²) in [6.45, 7) is 4.58. The molecule has 78 valence electrons. The van der Waals surface area contributed by atoms with E-state index in [9.17, 15) is 0 Å². The van der Waals surface area contributed by atoms with Gasteiger partial charge in [-0.3, -0.25) is 0 Å². The molecule has 0 spiro atoms. The van der Waals surface area contributed by atoms with Crippen LogP contribution in [-0.4, -0.2) is 0 Å². The van der Waals surface area contributed by atoms with Crippen LogP contribution >= 0.6 is 22.9 Å². The molecule has 1 heterocycles. The van der Waals surface area contributed by atoms with Crippen LogP contribution in [0.25, 0.3) is 0 Å². The predicted molar refractivity (Wildman–Crippen MR) is 62.8 cm³/mol. The summed E-state index contributed by atoms with van der Waals surface area (Å²) in [5.41, 5.74) is 6.68. The third-order valence-electron chi connectivity index (χ3n) is 3.11. The van der Waals surface area contributed by atoms with Crippen molar-refractivity contribution in [1.29, 1.82) is 0 Å². The lowest BCUT2D eigenvalue weighted by molar-refractivity contribution is 0.342. The van der Waals surface area contributed by atoms with Crippen molar-refractivity contribution in [2.24, 2.45) is 11.1 Å². The van der Waals surface area contributed by atoms with E-state index in [0.717, 1.165) is 17.2 Å². The van der Waals surface area contributed by atoms with E-state index in [-0.39, 0.29) is 5.54 Å². The Morgan fingerprint density at radius 3 is 2.50 bits per heavy atom. The van der Waals surface area contributed by atoms with E-state index in [4.69, 9.17) is 17.3 Å². The SMILES string of the molecule is CC1(C)CCC(N)(c2ccc(Cl)s2)C1. The van der Waals surface area contributed by atoms with E-state index < -0.39 is 0 Å². The van der Waals surface area contributed by atoms with Gasteiger partial charge in [-0.2, -0.15) is 0 Å². The van der Waals surface area contributed by atoms with Crippen LogP contribution in [-0.2, 0) is 5.54 Å². The fourth-order valence-electron chi connectivity index (χ4n) is 2.38. The van der Waals surface area contributed by atoms with Crippen LogP contribution in [0.5, 0.6) is 0 Å². The molecule has 0 bridgehead atoms. The second-order valence-corrected chi connectivity index (χ2v) is 6.82. The first-order chi connectivity index (χ1) is 6.41. The Kier molecular flexibility index (Phi) is 2.41. The summed E-state index contributed by atoms with van der Waals surface area (Å²) in [6, 6.07) is 4.02.